The number of hydrogen-bond acceptors (Lipinski definition) is 7. The average Bonchev–Trinajstić information content (AvgIpc) is 3.07. The third-order valence-electron chi connectivity index (χ3n) is 5.13. The maximum Gasteiger partial charge on any atom is 0.157 e. The summed E-state index contributed by atoms with van der Waals surface area (Å²) in [5.41, 5.74) is 1.18. The Morgan fingerprint density at radius 2 is 2.24 bits per heavy atom. The number of nitrogens with two attached hydrogens (primary N) is 1. The molecule has 0 aromatic carbocycles. The molecule has 3 heterocycles. The van der Waals surface area contributed by atoms with Crippen LogP contribution < -0.4 is 5.84 Å². The number of piperidine rings is 1. The van der Waals surface area contributed by atoms with Gasteiger partial charge < -0.3 is 5.21 Å². The van der Waals surface area contributed by atoms with Gasteiger partial charge in [0.2, 0.25) is 0 Å². The smallest absolute Gasteiger partial charge is 0.157 e. The van der Waals surface area contributed by atoms with E-state index in [9.17, 15) is 10.5 Å². The van der Waals surface area contributed by atoms with Crippen molar-refractivity contribution in [2.75, 3.05) is 18.8 Å². The standard InChI is InChI=1S/C17H26N6OS/c1-2-17-22(15(10-18)13-25-17)23(19,24)16-5-8-21(9-6-16)12-14-4-3-7-20-11-14/h3-4,7,11,15-17H,2,5-6,8-9,12-13,19H2,1H3. The molecular weight excluding hydrogens is 336 g/mol. The van der Waals surface area contributed by atoms with Crippen molar-refractivity contribution in [1.29, 1.82) is 5.26 Å². The summed E-state index contributed by atoms with van der Waals surface area (Å²) in [6.45, 7) is 4.57. The second kappa shape index (κ2) is 7.99. The van der Waals surface area contributed by atoms with Crippen molar-refractivity contribution in [2.45, 2.75) is 50.2 Å². The molecule has 3 atom stereocenters. The molecule has 3 rings (SSSR count). The van der Waals surface area contributed by atoms with E-state index in [1.54, 1.807) is 23.0 Å². The summed E-state index contributed by atoms with van der Waals surface area (Å²) in [6.07, 6.45) is 5.97. The quantitative estimate of drug-likeness (QED) is 0.485. The number of nitrogens with zero attached hydrogens (tertiary/aromatic N) is 5. The molecule has 2 saturated heterocycles. The summed E-state index contributed by atoms with van der Waals surface area (Å²) in [6, 6.07) is 5.69. The van der Waals surface area contributed by atoms with Gasteiger partial charge in [-0.15, -0.1) is 16.8 Å². The molecule has 2 fully saturated rings. The van der Waals surface area contributed by atoms with Gasteiger partial charge in [0.25, 0.3) is 0 Å². The second-order valence-electron chi connectivity index (χ2n) is 6.76. The molecule has 136 valence electrons. The van der Waals surface area contributed by atoms with Crippen molar-refractivity contribution in [1.82, 2.24) is 14.9 Å². The van der Waals surface area contributed by atoms with Crippen LogP contribution >= 0.6 is 11.8 Å². The summed E-state index contributed by atoms with van der Waals surface area (Å²) >= 11 is 1.67. The van der Waals surface area contributed by atoms with Crippen molar-refractivity contribution in [2.24, 2.45) is 5.84 Å². The van der Waals surface area contributed by atoms with Gasteiger partial charge in [-0.05, 0) is 18.1 Å². The fraction of sp³-hybridized carbons (Fsp3) is 0.647. The first kappa shape index (κ1) is 18.6. The van der Waals surface area contributed by atoms with Crippen LogP contribution in [0.5, 0.6) is 0 Å². The molecule has 2 aliphatic heterocycles. The van der Waals surface area contributed by atoms with Gasteiger partial charge in [0.1, 0.15) is 11.4 Å². The van der Waals surface area contributed by atoms with Crippen LogP contribution in [0.1, 0.15) is 31.7 Å². The molecule has 2 aliphatic rings. The lowest BCUT2D eigenvalue weighted by molar-refractivity contribution is -1.03. The van der Waals surface area contributed by atoms with Crippen LogP contribution in [-0.2, 0) is 6.54 Å². The Balaban J connectivity index is 1.62. The van der Waals surface area contributed by atoms with Gasteiger partial charge in [-0.25, -0.2) is 0 Å². The fourth-order valence-electron chi connectivity index (χ4n) is 3.76. The van der Waals surface area contributed by atoms with E-state index in [0.29, 0.717) is 5.75 Å². The van der Waals surface area contributed by atoms with E-state index >= 15 is 0 Å². The lowest BCUT2D eigenvalue weighted by Crippen LogP contribution is -2.70. The van der Waals surface area contributed by atoms with E-state index in [-0.39, 0.29) is 11.4 Å². The number of hydroxylamine groups is 1. The van der Waals surface area contributed by atoms with Gasteiger partial charge in [-0.3, -0.25) is 9.88 Å². The third-order valence-corrected chi connectivity index (χ3v) is 6.57. The van der Waals surface area contributed by atoms with Crippen molar-refractivity contribution < 1.29 is 4.86 Å². The molecule has 1 aromatic rings. The summed E-state index contributed by atoms with van der Waals surface area (Å²) in [4.78, 5) is 5.59. The first-order chi connectivity index (χ1) is 12.1. The van der Waals surface area contributed by atoms with Gasteiger partial charge in [-0.1, -0.05) is 13.0 Å². The molecule has 1 aromatic heterocycles. The molecule has 0 aliphatic carbocycles. The molecule has 0 bridgehead atoms. The van der Waals surface area contributed by atoms with Crippen LogP contribution in [0.25, 0.3) is 0 Å². The fourth-order valence-corrected chi connectivity index (χ4v) is 5.08. The zero-order valence-corrected chi connectivity index (χ0v) is 15.4. The zero-order valence-electron chi connectivity index (χ0n) is 14.6. The topological polar surface area (TPSA) is 92.2 Å². The minimum atomic E-state index is -0.898. The number of hydrogen-bond donors (Lipinski definition) is 1. The maximum absolute atomic E-state index is 13.3. The molecule has 7 nitrogen and oxygen atoms in total. The molecule has 0 saturated carbocycles. The molecule has 3 unspecified atom stereocenters. The van der Waals surface area contributed by atoms with E-state index in [2.05, 4.69) is 22.0 Å². The lowest BCUT2D eigenvalue weighted by atomic mass is 10.0. The first-order valence-electron chi connectivity index (χ1n) is 8.85. The average molecular weight is 363 g/mol. The summed E-state index contributed by atoms with van der Waals surface area (Å²) in [5.74, 6) is 6.90. The van der Waals surface area contributed by atoms with E-state index < -0.39 is 10.9 Å². The predicted octanol–water partition coefficient (Wildman–Crippen LogP) is 1.83. The highest BCUT2D eigenvalue weighted by Gasteiger charge is 2.47. The van der Waals surface area contributed by atoms with E-state index in [1.807, 2.05) is 19.2 Å². The first-order valence-corrected chi connectivity index (χ1v) is 9.90. The number of pyridine rings is 1. The van der Waals surface area contributed by atoms with Crippen molar-refractivity contribution in [3.05, 3.63) is 35.3 Å². The van der Waals surface area contributed by atoms with Gasteiger partial charge in [0.05, 0.1) is 6.07 Å². The Kier molecular flexibility index (Phi) is 5.94. The van der Waals surface area contributed by atoms with E-state index in [1.165, 1.54) is 5.56 Å². The number of nitriles is 1. The number of rotatable bonds is 5. The Hall–Kier alpha value is -1.21. The highest BCUT2D eigenvalue weighted by atomic mass is 32.2. The number of thioether (sulfide) groups is 1. The molecule has 0 amide bonds. The van der Waals surface area contributed by atoms with Gasteiger partial charge in [0.15, 0.2) is 6.04 Å². The maximum atomic E-state index is 13.3. The number of aromatic nitrogens is 1. The van der Waals surface area contributed by atoms with Gasteiger partial charge in [0, 0.05) is 50.6 Å². The van der Waals surface area contributed by atoms with Crippen molar-refractivity contribution in [3.63, 3.8) is 0 Å². The van der Waals surface area contributed by atoms with Gasteiger partial charge >= 0.3 is 0 Å². The van der Waals surface area contributed by atoms with Gasteiger partial charge in [-0.2, -0.15) is 16.0 Å². The van der Waals surface area contributed by atoms with E-state index in [0.717, 1.165) is 38.9 Å². The molecule has 0 radical (unpaired) electrons. The number of likely N-dealkylation sites (tertiary alicyclic amines) is 1. The normalized spacial score (nSPS) is 28.6. The monoisotopic (exact) mass is 362 g/mol. The molecule has 8 heteroatoms. The van der Waals surface area contributed by atoms with Crippen LogP contribution in [0.15, 0.2) is 24.5 Å². The third kappa shape index (κ3) is 3.97. The Bertz CT molecular complexity index is 599. The van der Waals surface area contributed by atoms with Crippen molar-refractivity contribution >= 4 is 11.8 Å². The number of quaternary nitrogens is 1. The Labute approximate surface area is 153 Å². The van der Waals surface area contributed by atoms with Crippen LogP contribution in [0.2, 0.25) is 0 Å². The molecule has 25 heavy (non-hydrogen) atoms. The molecule has 0 spiro atoms. The van der Waals surface area contributed by atoms with Crippen LogP contribution in [-0.4, -0.2) is 56.1 Å². The van der Waals surface area contributed by atoms with Crippen LogP contribution in [0.3, 0.4) is 0 Å². The molecule has 2 N–H and O–H groups in total. The summed E-state index contributed by atoms with van der Waals surface area (Å²) < 4.78 is 0. The SMILES string of the molecule is CCC1SCC(C#N)N1[N+](N)([O-])C1CCN(Cc2cccnc2)CC1. The summed E-state index contributed by atoms with van der Waals surface area (Å²) in [7, 11) is 0. The Morgan fingerprint density at radius 1 is 1.48 bits per heavy atom. The van der Waals surface area contributed by atoms with Crippen LogP contribution in [0, 0.1) is 16.5 Å². The molecular formula is C17H26N6OS. The zero-order chi connectivity index (χ0) is 17.9. The minimum Gasteiger partial charge on any atom is -0.591 e. The minimum absolute atomic E-state index is 0.0283. The Morgan fingerprint density at radius 3 is 2.84 bits per heavy atom. The van der Waals surface area contributed by atoms with E-state index in [4.69, 9.17) is 5.84 Å². The largest absolute Gasteiger partial charge is 0.591 e. The predicted molar refractivity (Wildman–Crippen MR) is 98.1 cm³/mol. The van der Waals surface area contributed by atoms with Crippen molar-refractivity contribution in [3.8, 4) is 6.07 Å². The summed E-state index contributed by atoms with van der Waals surface area (Å²) in [5, 5.41) is 24.4. The van der Waals surface area contributed by atoms with Crippen LogP contribution in [0.4, 0.5) is 0 Å². The lowest BCUT2D eigenvalue weighted by Gasteiger charge is -2.52. The highest BCUT2D eigenvalue weighted by Crippen LogP contribution is 2.36. The highest BCUT2D eigenvalue weighted by molar-refractivity contribution is 8.00. The second-order valence-corrected chi connectivity index (χ2v) is 7.97.